The minimum Gasteiger partial charge on any atom is -0.310 e. The number of benzene rings is 9. The van der Waals surface area contributed by atoms with E-state index >= 15 is 0 Å². The van der Waals surface area contributed by atoms with Crippen molar-refractivity contribution in [2.24, 2.45) is 0 Å². The molecule has 0 bridgehead atoms. The number of fused-ring (bicyclic) bond motifs is 13. The second kappa shape index (κ2) is 12.3. The van der Waals surface area contributed by atoms with Gasteiger partial charge < -0.3 is 9.47 Å². The van der Waals surface area contributed by atoms with E-state index in [2.05, 4.69) is 228 Å². The summed E-state index contributed by atoms with van der Waals surface area (Å²) in [6.45, 7) is 0. The Morgan fingerprint density at radius 1 is 0.351 bits per heavy atom. The topological polar surface area (TPSA) is 8.17 Å². The molecule has 0 atom stereocenters. The molecule has 2 aliphatic rings. The van der Waals surface area contributed by atoms with Gasteiger partial charge in [0, 0.05) is 33.4 Å². The average Bonchev–Trinajstić information content (AvgIpc) is 3.89. The van der Waals surface area contributed by atoms with Crippen LogP contribution >= 0.6 is 0 Å². The fraction of sp³-hybridized carbons (Fsp3) is 0.0182. The van der Waals surface area contributed by atoms with Crippen molar-refractivity contribution in [1.29, 1.82) is 0 Å². The van der Waals surface area contributed by atoms with Crippen molar-refractivity contribution in [2.45, 2.75) is 5.41 Å². The van der Waals surface area contributed by atoms with Gasteiger partial charge in [-0.2, -0.15) is 0 Å². The summed E-state index contributed by atoms with van der Waals surface area (Å²) in [6.07, 6.45) is 0. The molecule has 0 fully saturated rings. The highest BCUT2D eigenvalue weighted by Crippen LogP contribution is 2.64. The molecular formula is C55H36N2. The Balaban J connectivity index is 1.03. The zero-order valence-corrected chi connectivity index (χ0v) is 31.2. The monoisotopic (exact) mass is 724 g/mol. The smallest absolute Gasteiger partial charge is 0.0726 e. The predicted octanol–water partition coefficient (Wildman–Crippen LogP) is 14.3. The van der Waals surface area contributed by atoms with Gasteiger partial charge in [0.05, 0.1) is 22.1 Å². The summed E-state index contributed by atoms with van der Waals surface area (Å²) in [5.74, 6) is 0. The molecule has 266 valence electrons. The van der Waals surface area contributed by atoms with Crippen LogP contribution in [0.5, 0.6) is 0 Å². The Bertz CT molecular complexity index is 3130. The molecule has 2 heteroatoms. The van der Waals surface area contributed by atoms with Gasteiger partial charge >= 0.3 is 0 Å². The van der Waals surface area contributed by atoms with E-state index in [4.69, 9.17) is 0 Å². The van der Waals surface area contributed by atoms with E-state index in [0.717, 1.165) is 11.4 Å². The number of aromatic nitrogens is 1. The Kier molecular flexibility index (Phi) is 6.88. The van der Waals surface area contributed by atoms with Crippen LogP contribution in [0.25, 0.3) is 60.9 Å². The highest BCUT2D eigenvalue weighted by atomic mass is 15.1. The minimum atomic E-state index is -0.399. The van der Waals surface area contributed by atoms with Crippen molar-refractivity contribution in [3.63, 3.8) is 0 Å². The third-order valence-corrected chi connectivity index (χ3v) is 12.4. The van der Waals surface area contributed by atoms with Crippen LogP contribution in [0.3, 0.4) is 0 Å². The van der Waals surface area contributed by atoms with Crippen LogP contribution in [0, 0.1) is 0 Å². The molecule has 0 unspecified atom stereocenters. The molecule has 1 aromatic heterocycles. The Morgan fingerprint density at radius 3 is 1.60 bits per heavy atom. The van der Waals surface area contributed by atoms with Gasteiger partial charge in [-0.1, -0.05) is 158 Å². The summed E-state index contributed by atoms with van der Waals surface area (Å²) >= 11 is 0. The normalized spacial score (nSPS) is 13.1. The van der Waals surface area contributed by atoms with Gasteiger partial charge in [-0.3, -0.25) is 0 Å². The highest BCUT2D eigenvalue weighted by Gasteiger charge is 2.52. The highest BCUT2D eigenvalue weighted by molar-refractivity contribution is 6.10. The van der Waals surface area contributed by atoms with Crippen molar-refractivity contribution in [2.75, 3.05) is 4.90 Å². The van der Waals surface area contributed by atoms with Crippen LogP contribution in [-0.4, -0.2) is 4.57 Å². The van der Waals surface area contributed by atoms with Crippen molar-refractivity contribution in [1.82, 2.24) is 4.57 Å². The zero-order valence-electron chi connectivity index (χ0n) is 31.2. The third-order valence-electron chi connectivity index (χ3n) is 12.4. The van der Waals surface area contributed by atoms with E-state index < -0.39 is 5.41 Å². The van der Waals surface area contributed by atoms with Gasteiger partial charge in [-0.15, -0.1) is 0 Å². The quantitative estimate of drug-likeness (QED) is 0.172. The van der Waals surface area contributed by atoms with E-state index in [0.29, 0.717) is 0 Å². The van der Waals surface area contributed by atoms with Crippen molar-refractivity contribution >= 4 is 38.9 Å². The maximum atomic E-state index is 2.45. The molecule has 0 saturated heterocycles. The van der Waals surface area contributed by atoms with Gasteiger partial charge in [0.15, 0.2) is 0 Å². The van der Waals surface area contributed by atoms with Gasteiger partial charge in [0.1, 0.15) is 0 Å². The van der Waals surface area contributed by atoms with Crippen molar-refractivity contribution in [3.8, 4) is 39.1 Å². The zero-order chi connectivity index (χ0) is 37.5. The largest absolute Gasteiger partial charge is 0.310 e. The van der Waals surface area contributed by atoms with Crippen molar-refractivity contribution < 1.29 is 0 Å². The molecule has 9 aromatic carbocycles. The first kappa shape index (κ1) is 31.9. The lowest BCUT2D eigenvalue weighted by atomic mass is 9.70. The van der Waals surface area contributed by atoms with Crippen molar-refractivity contribution in [3.05, 3.63) is 241 Å². The molecule has 2 aliphatic carbocycles. The van der Waals surface area contributed by atoms with Crippen LogP contribution in [0.15, 0.2) is 218 Å². The molecule has 0 amide bonds. The predicted molar refractivity (Wildman–Crippen MR) is 237 cm³/mol. The first-order chi connectivity index (χ1) is 28.3. The van der Waals surface area contributed by atoms with Gasteiger partial charge in [-0.25, -0.2) is 0 Å². The van der Waals surface area contributed by atoms with Gasteiger partial charge in [-0.05, 0) is 111 Å². The summed E-state index contributed by atoms with van der Waals surface area (Å²) in [5, 5.41) is 2.51. The van der Waals surface area contributed by atoms with Crippen LogP contribution in [0.1, 0.15) is 22.3 Å². The summed E-state index contributed by atoms with van der Waals surface area (Å²) in [4.78, 5) is 2.45. The lowest BCUT2D eigenvalue weighted by molar-refractivity contribution is 0.794. The third kappa shape index (κ3) is 4.47. The van der Waals surface area contributed by atoms with Crippen LogP contribution < -0.4 is 4.90 Å². The number of rotatable bonds is 5. The van der Waals surface area contributed by atoms with Crippen LogP contribution in [-0.2, 0) is 5.41 Å². The van der Waals surface area contributed by atoms with E-state index in [1.165, 1.54) is 88.8 Å². The summed E-state index contributed by atoms with van der Waals surface area (Å²) in [6, 6.07) is 80.3. The lowest BCUT2D eigenvalue weighted by Crippen LogP contribution is -2.26. The Morgan fingerprint density at radius 2 is 0.877 bits per heavy atom. The molecule has 10 aromatic rings. The number of anilines is 3. The SMILES string of the molecule is c1ccc(N(c2ccc(-c3ccc4c(c3)c3ccccc3n4-c3ccccc3)cc2)c2cccc3c2-c2ccccc2C32c3ccccc3-c3ccccc32)cc1. The average molecular weight is 725 g/mol. The molecule has 0 aliphatic heterocycles. The molecular weight excluding hydrogens is 689 g/mol. The molecule has 1 spiro atoms. The van der Waals surface area contributed by atoms with Gasteiger partial charge in [0.25, 0.3) is 0 Å². The standard InChI is InChI=1S/C55H36N2/c1-3-16-39(17-4-1)56(41-33-30-37(31-34-41)38-32-35-52-46(36-38)44-22-10-14-28-51(44)57(52)40-18-5-2-6-19-40)53-29-15-27-50-54(53)45-23-9-13-26-49(45)55(50)47-24-11-7-20-42(47)43-21-8-12-25-48(43)55/h1-36H. The first-order valence-corrected chi connectivity index (χ1v) is 19.8. The van der Waals surface area contributed by atoms with Gasteiger partial charge in [0.2, 0.25) is 0 Å². The summed E-state index contributed by atoms with van der Waals surface area (Å²) in [7, 11) is 0. The summed E-state index contributed by atoms with van der Waals surface area (Å²) < 4.78 is 2.37. The Hall–Kier alpha value is -7.42. The molecule has 0 N–H and O–H groups in total. The molecule has 57 heavy (non-hydrogen) atoms. The lowest BCUT2D eigenvalue weighted by Gasteiger charge is -2.31. The number of hydrogen-bond donors (Lipinski definition) is 0. The van der Waals surface area contributed by atoms with E-state index in [1.54, 1.807) is 0 Å². The second-order valence-corrected chi connectivity index (χ2v) is 15.2. The number of para-hydroxylation sites is 3. The van der Waals surface area contributed by atoms with Crippen LogP contribution in [0.2, 0.25) is 0 Å². The van der Waals surface area contributed by atoms with E-state index in [1.807, 2.05) is 0 Å². The van der Waals surface area contributed by atoms with Crippen LogP contribution in [0.4, 0.5) is 17.1 Å². The molecule has 0 radical (unpaired) electrons. The fourth-order valence-corrected chi connectivity index (χ4v) is 10.1. The molecule has 12 rings (SSSR count). The van der Waals surface area contributed by atoms with E-state index in [9.17, 15) is 0 Å². The molecule has 0 saturated carbocycles. The Labute approximate surface area is 332 Å². The number of nitrogens with zero attached hydrogens (tertiary/aromatic N) is 2. The second-order valence-electron chi connectivity index (χ2n) is 15.2. The number of hydrogen-bond acceptors (Lipinski definition) is 1. The maximum absolute atomic E-state index is 2.45. The summed E-state index contributed by atoms with van der Waals surface area (Å²) in [5.41, 5.74) is 19.6. The maximum Gasteiger partial charge on any atom is 0.0726 e. The van der Waals surface area contributed by atoms with E-state index in [-0.39, 0.29) is 0 Å². The molecule has 1 heterocycles. The minimum absolute atomic E-state index is 0.399. The fourth-order valence-electron chi connectivity index (χ4n) is 10.1. The molecule has 2 nitrogen and oxygen atoms in total. The first-order valence-electron chi connectivity index (χ1n) is 19.8.